The number of carbonyl (C=O) groups excluding carboxylic acids is 3. The Morgan fingerprint density at radius 2 is 1.48 bits per heavy atom. The molecule has 9 nitrogen and oxygen atoms in total. The number of benzene rings is 1. The molecule has 0 aromatic heterocycles. The van der Waals surface area contributed by atoms with Gasteiger partial charge in [-0.25, -0.2) is 4.79 Å². The van der Waals surface area contributed by atoms with E-state index in [1.807, 2.05) is 37.3 Å². The highest BCUT2D eigenvalue weighted by molar-refractivity contribution is 7.80. The summed E-state index contributed by atoms with van der Waals surface area (Å²) in [5.74, 6) is -3.36. The number of amides is 3. The minimum atomic E-state index is -1.15. The number of thiol groups is 1. The zero-order valence-corrected chi connectivity index (χ0v) is 20.5. The number of rotatable bonds is 13. The average molecular weight is 481 g/mol. The molecule has 0 radical (unpaired) electrons. The molecule has 0 aliphatic heterocycles. The Kier molecular flexibility index (Phi) is 11.9. The molecule has 3 amide bonds. The summed E-state index contributed by atoms with van der Waals surface area (Å²) in [5.41, 5.74) is 6.74. The summed E-state index contributed by atoms with van der Waals surface area (Å²) < 4.78 is 0. The van der Waals surface area contributed by atoms with E-state index in [2.05, 4.69) is 28.6 Å². The third-order valence-corrected chi connectivity index (χ3v) is 5.89. The lowest BCUT2D eigenvalue weighted by Gasteiger charge is -2.26. The number of carbonyl (C=O) groups is 4. The zero-order valence-electron chi connectivity index (χ0n) is 19.6. The van der Waals surface area contributed by atoms with Gasteiger partial charge in [0, 0.05) is 12.2 Å². The van der Waals surface area contributed by atoms with Crippen LogP contribution in [0.5, 0.6) is 0 Å². The molecule has 0 fully saturated rings. The molecular formula is C23H36N4O5S. The number of hydrogen-bond donors (Lipinski definition) is 6. The van der Waals surface area contributed by atoms with Crippen molar-refractivity contribution in [2.75, 3.05) is 5.75 Å². The number of nitrogens with one attached hydrogen (secondary N) is 3. The minimum absolute atomic E-state index is 0.0536. The van der Waals surface area contributed by atoms with Gasteiger partial charge in [-0.1, -0.05) is 64.4 Å². The Balaban J connectivity index is 3.00. The molecule has 1 rings (SSSR count). The van der Waals surface area contributed by atoms with Gasteiger partial charge in [-0.3, -0.25) is 14.4 Å². The van der Waals surface area contributed by atoms with Crippen molar-refractivity contribution in [2.45, 2.75) is 64.7 Å². The van der Waals surface area contributed by atoms with Crippen LogP contribution in [0.2, 0.25) is 0 Å². The van der Waals surface area contributed by atoms with Crippen LogP contribution in [0.15, 0.2) is 30.3 Å². The summed E-state index contributed by atoms with van der Waals surface area (Å²) in [6.07, 6.45) is 0.741. The topological polar surface area (TPSA) is 151 Å². The maximum atomic E-state index is 13.1. The van der Waals surface area contributed by atoms with Crippen molar-refractivity contribution in [1.82, 2.24) is 16.0 Å². The van der Waals surface area contributed by atoms with E-state index in [-0.39, 0.29) is 24.0 Å². The van der Waals surface area contributed by atoms with Crippen LogP contribution in [0.4, 0.5) is 0 Å². The molecule has 6 N–H and O–H groups in total. The molecule has 10 heteroatoms. The molecule has 1 aromatic carbocycles. The van der Waals surface area contributed by atoms with E-state index in [9.17, 15) is 24.3 Å². The maximum absolute atomic E-state index is 13.1. The van der Waals surface area contributed by atoms with Crippen LogP contribution < -0.4 is 21.7 Å². The van der Waals surface area contributed by atoms with Gasteiger partial charge in [-0.15, -0.1) is 0 Å². The molecule has 0 bridgehead atoms. The second-order valence-corrected chi connectivity index (χ2v) is 8.84. The highest BCUT2D eigenvalue weighted by atomic mass is 32.1. The first-order chi connectivity index (χ1) is 15.5. The molecule has 0 saturated heterocycles. The Hall–Kier alpha value is -2.59. The molecule has 5 atom stereocenters. The predicted molar refractivity (Wildman–Crippen MR) is 130 cm³/mol. The third kappa shape index (κ3) is 9.05. The van der Waals surface area contributed by atoms with Crippen LogP contribution in [-0.4, -0.2) is 58.7 Å². The standard InChI is InChI=1S/C23H36N4O5S/c1-5-14(4)19(23(31)32)27-21(29)17(12-33)26-20(28)16(11-15-9-7-6-8-10-15)25-22(30)18(24)13(2)3/h6-10,13-14,16-19,33H,5,11-12,24H2,1-4H3,(H,25,30)(H,26,28)(H,27,29)(H,31,32). The molecule has 0 aliphatic carbocycles. The number of nitrogens with two attached hydrogens (primary N) is 1. The lowest BCUT2D eigenvalue weighted by Crippen LogP contribution is -2.59. The van der Waals surface area contributed by atoms with Crippen LogP contribution in [0.25, 0.3) is 0 Å². The predicted octanol–water partition coefficient (Wildman–Crippen LogP) is 0.727. The first kappa shape index (κ1) is 28.4. The largest absolute Gasteiger partial charge is 0.480 e. The lowest BCUT2D eigenvalue weighted by molar-refractivity contribution is -0.143. The van der Waals surface area contributed by atoms with E-state index in [0.717, 1.165) is 5.56 Å². The molecule has 1 aromatic rings. The van der Waals surface area contributed by atoms with Gasteiger partial charge in [0.25, 0.3) is 0 Å². The highest BCUT2D eigenvalue weighted by Gasteiger charge is 2.31. The van der Waals surface area contributed by atoms with E-state index in [1.54, 1.807) is 20.8 Å². The van der Waals surface area contributed by atoms with Crippen molar-refractivity contribution in [2.24, 2.45) is 17.6 Å². The molecular weight excluding hydrogens is 444 g/mol. The summed E-state index contributed by atoms with van der Waals surface area (Å²) in [6.45, 7) is 7.14. The number of carboxylic acid groups (broad SMARTS) is 1. The van der Waals surface area contributed by atoms with Gasteiger partial charge < -0.3 is 26.8 Å². The second kappa shape index (κ2) is 13.8. The fourth-order valence-corrected chi connectivity index (χ4v) is 3.29. The summed E-state index contributed by atoms with van der Waals surface area (Å²) in [5, 5.41) is 17.2. The van der Waals surface area contributed by atoms with Crippen LogP contribution >= 0.6 is 12.6 Å². The van der Waals surface area contributed by atoms with E-state index in [1.165, 1.54) is 0 Å². The minimum Gasteiger partial charge on any atom is -0.480 e. The van der Waals surface area contributed by atoms with Crippen LogP contribution in [0, 0.1) is 11.8 Å². The van der Waals surface area contributed by atoms with Crippen LogP contribution in [0.3, 0.4) is 0 Å². The molecule has 0 saturated carbocycles. The molecule has 33 heavy (non-hydrogen) atoms. The second-order valence-electron chi connectivity index (χ2n) is 8.47. The van der Waals surface area contributed by atoms with Crippen molar-refractivity contribution >= 4 is 36.3 Å². The van der Waals surface area contributed by atoms with Crippen molar-refractivity contribution < 1.29 is 24.3 Å². The lowest BCUT2D eigenvalue weighted by atomic mass is 9.99. The average Bonchev–Trinajstić information content (AvgIpc) is 2.79. The molecule has 0 spiro atoms. The van der Waals surface area contributed by atoms with Gasteiger partial charge in [-0.2, -0.15) is 12.6 Å². The van der Waals surface area contributed by atoms with Gasteiger partial charge in [-0.05, 0) is 17.4 Å². The van der Waals surface area contributed by atoms with Crippen molar-refractivity contribution in [3.8, 4) is 0 Å². The van der Waals surface area contributed by atoms with E-state index in [0.29, 0.717) is 6.42 Å². The monoisotopic (exact) mass is 480 g/mol. The Labute approximate surface area is 200 Å². The molecule has 0 heterocycles. The van der Waals surface area contributed by atoms with Crippen molar-refractivity contribution in [3.05, 3.63) is 35.9 Å². The summed E-state index contributed by atoms with van der Waals surface area (Å²) in [7, 11) is 0. The number of carboxylic acids is 1. The fourth-order valence-electron chi connectivity index (χ4n) is 3.03. The van der Waals surface area contributed by atoms with Gasteiger partial charge in [0.05, 0.1) is 6.04 Å². The molecule has 5 unspecified atom stereocenters. The van der Waals surface area contributed by atoms with Gasteiger partial charge in [0.15, 0.2) is 0 Å². The fraction of sp³-hybridized carbons (Fsp3) is 0.565. The Morgan fingerprint density at radius 3 is 1.97 bits per heavy atom. The summed E-state index contributed by atoms with van der Waals surface area (Å²) in [4.78, 5) is 49.8. The first-order valence-corrected chi connectivity index (χ1v) is 11.7. The van der Waals surface area contributed by atoms with Crippen molar-refractivity contribution in [1.29, 1.82) is 0 Å². The Bertz CT molecular complexity index is 805. The number of hydrogen-bond acceptors (Lipinski definition) is 6. The highest BCUT2D eigenvalue weighted by Crippen LogP contribution is 2.09. The van der Waals surface area contributed by atoms with E-state index >= 15 is 0 Å². The van der Waals surface area contributed by atoms with E-state index < -0.39 is 47.9 Å². The number of aliphatic carboxylic acids is 1. The molecule has 184 valence electrons. The molecule has 0 aliphatic rings. The first-order valence-electron chi connectivity index (χ1n) is 11.1. The van der Waals surface area contributed by atoms with Gasteiger partial charge in [0.1, 0.15) is 18.1 Å². The summed E-state index contributed by atoms with van der Waals surface area (Å²) >= 11 is 4.15. The maximum Gasteiger partial charge on any atom is 0.326 e. The van der Waals surface area contributed by atoms with Gasteiger partial charge in [0.2, 0.25) is 17.7 Å². The quantitative estimate of drug-likeness (QED) is 0.229. The third-order valence-electron chi connectivity index (χ3n) is 5.53. The van der Waals surface area contributed by atoms with Crippen LogP contribution in [0.1, 0.15) is 39.7 Å². The van der Waals surface area contributed by atoms with Crippen molar-refractivity contribution in [3.63, 3.8) is 0 Å². The summed E-state index contributed by atoms with van der Waals surface area (Å²) in [6, 6.07) is 5.15. The zero-order chi connectivity index (χ0) is 25.1. The SMILES string of the molecule is CCC(C)C(NC(=O)C(CS)NC(=O)C(Cc1ccccc1)NC(=O)C(N)C(C)C)C(=O)O. The smallest absolute Gasteiger partial charge is 0.326 e. The van der Waals surface area contributed by atoms with Gasteiger partial charge >= 0.3 is 5.97 Å². The normalized spacial score (nSPS) is 15.6. The van der Waals surface area contributed by atoms with Crippen LogP contribution in [-0.2, 0) is 25.6 Å². The Morgan fingerprint density at radius 1 is 0.939 bits per heavy atom. The van der Waals surface area contributed by atoms with E-state index in [4.69, 9.17) is 5.73 Å².